The zero-order chi connectivity index (χ0) is 80.9. The number of Topliss-reactive ketones (excluding diaryl/α,β-unsaturated/α-hetero) is 3. The Hall–Kier alpha value is -9.47. The second kappa shape index (κ2) is 33.5. The van der Waals surface area contributed by atoms with Crippen molar-refractivity contribution in [1.82, 2.24) is 26.0 Å². The van der Waals surface area contributed by atoms with Crippen molar-refractivity contribution in [3.05, 3.63) is 141 Å². The minimum Gasteiger partial charge on any atom is -0.508 e. The van der Waals surface area contributed by atoms with Crippen LogP contribution in [-0.2, 0) is 53.1 Å². The van der Waals surface area contributed by atoms with Gasteiger partial charge < -0.3 is 91.5 Å². The first-order chi connectivity index (χ1) is 53.8. The molecule has 113 heavy (non-hydrogen) atoms. The fourth-order valence-corrected chi connectivity index (χ4v) is 18.9. The number of rotatable bonds is 17. The fraction of sp³-hybridized carbons (Fsp3) is 0.457. The van der Waals surface area contributed by atoms with Crippen LogP contribution >= 0.6 is 23.2 Å². The maximum absolute atomic E-state index is 16.5. The number of ketones is 3. The van der Waals surface area contributed by atoms with Gasteiger partial charge in [-0.15, -0.1) is 0 Å². The molecule has 0 radical (unpaired) electrons. The number of carbonyl (C=O) groups is 8. The van der Waals surface area contributed by atoms with Crippen molar-refractivity contribution in [3.63, 3.8) is 0 Å². The molecule has 6 aliphatic heterocycles. The monoisotopic (exact) mass is 1620 g/mol. The van der Waals surface area contributed by atoms with Crippen LogP contribution in [0.1, 0.15) is 156 Å². The summed E-state index contributed by atoms with van der Waals surface area (Å²) in [7, 11) is -4.82. The molecule has 32 heteroatoms. The van der Waals surface area contributed by atoms with Crippen molar-refractivity contribution in [2.45, 2.75) is 176 Å². The number of phenolic OH excluding ortho intramolecular Hbond substituents is 3. The molecule has 5 amide bonds. The van der Waals surface area contributed by atoms with E-state index in [-0.39, 0.29) is 104 Å². The summed E-state index contributed by atoms with van der Waals surface area (Å²) in [5, 5.41) is 105. The van der Waals surface area contributed by atoms with Gasteiger partial charge in [-0.05, 0) is 194 Å². The van der Waals surface area contributed by atoms with Crippen molar-refractivity contribution in [2.75, 3.05) is 13.2 Å². The average molecular weight is 1620 g/mol. The second-order valence-electron chi connectivity index (χ2n) is 31.0. The predicted octanol–water partition coefficient (Wildman–Crippen LogP) is 7.61. The van der Waals surface area contributed by atoms with Crippen molar-refractivity contribution >= 4 is 80.1 Å². The second-order valence-corrected chi connectivity index (χ2v) is 33.5. The van der Waals surface area contributed by atoms with Gasteiger partial charge >= 0.3 is 0 Å². The summed E-state index contributed by atoms with van der Waals surface area (Å²) >= 11 is 14.3. The van der Waals surface area contributed by atoms with Gasteiger partial charge in [0.15, 0.2) is 28.8 Å². The summed E-state index contributed by atoms with van der Waals surface area (Å²) in [4.78, 5) is 124. The molecule has 0 unspecified atom stereocenters. The van der Waals surface area contributed by atoms with Crippen LogP contribution in [0, 0.1) is 47.3 Å². The number of benzene rings is 6. The molecule has 10 aliphatic rings. The summed E-state index contributed by atoms with van der Waals surface area (Å²) in [5.41, 5.74) is 4.31. The number of ether oxygens (including phenoxy) is 5. The molecule has 16 rings (SSSR count). The van der Waals surface area contributed by atoms with Crippen LogP contribution in [0.4, 0.5) is 0 Å². The molecule has 6 heterocycles. The van der Waals surface area contributed by atoms with Gasteiger partial charge in [0, 0.05) is 55.3 Å². The molecule has 602 valence electrons. The molecule has 0 aromatic heterocycles. The number of aromatic hydroxyl groups is 3. The minimum atomic E-state index is -4.82. The van der Waals surface area contributed by atoms with E-state index in [1.54, 1.807) is 13.8 Å². The van der Waals surface area contributed by atoms with E-state index in [0.717, 1.165) is 80.6 Å². The smallest absolute Gasteiger partial charge is 0.264 e. The average Bonchev–Trinajstić information content (AvgIpc) is 0.822. The summed E-state index contributed by atoms with van der Waals surface area (Å²) in [6, 6.07) is 11.8. The first-order valence-corrected chi connectivity index (χ1v) is 40.0. The lowest BCUT2D eigenvalue weighted by Gasteiger charge is -2.54. The molecule has 6 aromatic rings. The number of halogens is 2. The molecule has 4 saturated carbocycles. The molecule has 29 nitrogen and oxygen atoms in total. The molecule has 0 spiro atoms. The number of hydrogen-bond donors (Lipinski definition) is 14. The highest BCUT2D eigenvalue weighted by atomic mass is 35.5. The van der Waals surface area contributed by atoms with Crippen molar-refractivity contribution in [3.8, 4) is 62.9 Å². The molecule has 15 bridgehead atoms. The number of sulfonamides is 1. The third-order valence-corrected chi connectivity index (χ3v) is 24.9. The number of nitrogens with two attached hydrogens (primary N) is 1. The van der Waals surface area contributed by atoms with Gasteiger partial charge in [0.2, 0.25) is 41.6 Å². The van der Waals surface area contributed by atoms with E-state index in [9.17, 15) is 58.9 Å². The Morgan fingerprint density at radius 3 is 1.88 bits per heavy atom. The lowest BCUT2D eigenvalue weighted by Crippen LogP contribution is -2.60. The van der Waals surface area contributed by atoms with E-state index in [2.05, 4.69) is 21.3 Å². The third kappa shape index (κ3) is 17.2. The highest BCUT2D eigenvalue weighted by Crippen LogP contribution is 2.58. The summed E-state index contributed by atoms with van der Waals surface area (Å²) in [6.07, 6.45) is -11.7. The molecule has 15 N–H and O–H groups in total. The Morgan fingerprint density at radius 1 is 0.655 bits per heavy atom. The number of carbonyl (C=O) groups excluding carboxylic acids is 8. The van der Waals surface area contributed by atoms with E-state index >= 15 is 28.8 Å². The number of amides is 5. The summed E-state index contributed by atoms with van der Waals surface area (Å²) < 4.78 is 61.3. The molecule has 1 saturated heterocycles. The van der Waals surface area contributed by atoms with Gasteiger partial charge in [-0.3, -0.25) is 38.4 Å². The molecule has 4 aliphatic carbocycles. The molecule has 6 aromatic carbocycles. The van der Waals surface area contributed by atoms with E-state index < -0.39 is 213 Å². The number of nitrogens with one attached hydrogen (secondary N) is 5. The quantitative estimate of drug-likeness (QED) is 0.0417. The normalized spacial score (nSPS) is 28.5. The van der Waals surface area contributed by atoms with Gasteiger partial charge in [-0.25, -0.2) is 13.1 Å². The SMILES string of the molecule is CCOc1ccc(S(=O)(=O)NC(=O)C[C@@H]2CC(=O)[C@H](NC(=O)[C@H](CC)CC(C)C)[C@H](O)c3ccc(c(Cl)c3)Oc3cc4cc(c3O[C@@H]3O[C@H](CN)[C@@H](O)[C@H](O)[C@H]3O)Oc3ccc(cc3Cl)[C@@H](O)[C@@H]3NC(=O)[C@H](CC(=O)[C@@H]4NC2=O)c2ccc(O)c(c2)-c2c(O)cc(O)cc2[C@@H](C(=O)CC2C4CC5CC(C4)CC2C5)NC3=O)cc1. The maximum Gasteiger partial charge on any atom is 0.264 e. The van der Waals surface area contributed by atoms with Crippen LogP contribution in [0.25, 0.3) is 11.1 Å². The van der Waals surface area contributed by atoms with Crippen LogP contribution in [0.3, 0.4) is 0 Å². The zero-order valence-electron chi connectivity index (χ0n) is 62.0. The van der Waals surface area contributed by atoms with Crippen molar-refractivity contribution in [2.24, 2.45) is 53.1 Å². The molecular formula is C81H90Cl2N6O23S. The predicted molar refractivity (Wildman–Crippen MR) is 405 cm³/mol. The molecular weight excluding hydrogens is 1530 g/mol. The van der Waals surface area contributed by atoms with Crippen LogP contribution in [-0.4, -0.2) is 152 Å². The van der Waals surface area contributed by atoms with E-state index in [1.807, 2.05) is 18.6 Å². The third-order valence-electron chi connectivity index (χ3n) is 22.9. The summed E-state index contributed by atoms with van der Waals surface area (Å²) in [6.45, 7) is 6.93. The topological polar surface area (TPSA) is 465 Å². The summed E-state index contributed by atoms with van der Waals surface area (Å²) in [5.74, 6) is -16.3. The van der Waals surface area contributed by atoms with Gasteiger partial charge in [-0.2, -0.15) is 0 Å². The first kappa shape index (κ1) is 81.5. The van der Waals surface area contributed by atoms with E-state index in [0.29, 0.717) is 18.3 Å². The van der Waals surface area contributed by atoms with E-state index in [4.69, 9.17) is 52.6 Å². The Morgan fingerprint density at radius 2 is 1.28 bits per heavy atom. The minimum absolute atomic E-state index is 0.0547. The highest BCUT2D eigenvalue weighted by Gasteiger charge is 2.51. The Labute approximate surface area is 660 Å². The van der Waals surface area contributed by atoms with Crippen molar-refractivity contribution in [1.29, 1.82) is 0 Å². The number of aliphatic hydroxyl groups is 5. The lowest BCUT2D eigenvalue weighted by atomic mass is 9.51. The Bertz CT molecular complexity index is 4810. The highest BCUT2D eigenvalue weighted by molar-refractivity contribution is 7.90. The zero-order valence-corrected chi connectivity index (χ0v) is 64.3. The van der Waals surface area contributed by atoms with Crippen LogP contribution in [0.15, 0.2) is 108 Å². The van der Waals surface area contributed by atoms with Crippen molar-refractivity contribution < 1.29 is 111 Å². The standard InChI is InChI=1S/C81H90Cl2N6O23S/c1-5-38(17-35(3)4)77(102)87-69-57(93)26-45(29-65(96)89-113(106,107)48-12-10-47(11-13-48)108-6-2)78(103)85-67-44-27-62(109-60-15-8-40(71(69)97)24-53(60)82)76(112-81-75(101)74(100)73(99)64(34-84)111-81)63(28-44)110-61-16-9-41(25-54(61)83)72(98)70-80(105)86-68(59(95)32-49-42-19-36-18-37(21-42)22-43(49)20-36)52-30-46(90)31-56(92)66(52)51-23-39(7-14-55(51)91)50(33-58(67)94)79(104)88-70/h7-16,23-25,27-28,30-31,35-38,42-43,45,49-50,64,67-75,81,90-92,97-101H,5-6,17-22,26,29,32-34,84H2,1-4H3,(H,85,103)(H,86,105)(H,87,102)(H,88,104)(H,89,96)/t36?,37?,38-,42?,43?,45+,49?,50-,64-,67-,68+,69+,70+,71-,72-,73-,74+,75-,81+/m1/s1. The number of aliphatic hydroxyl groups excluding tert-OH is 5. The fourth-order valence-electron chi connectivity index (χ4n) is 17.4. The molecule has 5 fully saturated rings. The molecule has 14 atom stereocenters. The van der Waals surface area contributed by atoms with Gasteiger partial charge in [0.05, 0.1) is 33.4 Å². The van der Waals surface area contributed by atoms with Gasteiger partial charge in [0.25, 0.3) is 10.0 Å². The van der Waals surface area contributed by atoms with Crippen LogP contribution in [0.2, 0.25) is 10.0 Å². The van der Waals surface area contributed by atoms with Gasteiger partial charge in [-0.1, -0.05) is 62.2 Å². The Kier molecular flexibility index (Phi) is 24.2. The Balaban J connectivity index is 1.01. The van der Waals surface area contributed by atoms with Gasteiger partial charge in [0.1, 0.15) is 95.3 Å². The van der Waals surface area contributed by atoms with Crippen LogP contribution in [0.5, 0.6) is 51.7 Å². The first-order valence-electron chi connectivity index (χ1n) is 37.8. The largest absolute Gasteiger partial charge is 0.508 e. The van der Waals surface area contributed by atoms with Crippen LogP contribution < -0.4 is 50.7 Å². The number of fused-ring (bicyclic) bond motifs is 15. The lowest BCUT2D eigenvalue weighted by molar-refractivity contribution is -0.270. The number of phenols is 3. The number of hydrogen-bond acceptors (Lipinski definition) is 24. The maximum atomic E-state index is 16.5. The van der Waals surface area contributed by atoms with E-state index in [1.165, 1.54) is 54.6 Å².